The summed E-state index contributed by atoms with van der Waals surface area (Å²) in [5.74, 6) is 0.339. The molecule has 0 saturated heterocycles. The Morgan fingerprint density at radius 3 is 2.38 bits per heavy atom. The summed E-state index contributed by atoms with van der Waals surface area (Å²) in [4.78, 5) is 0. The molecule has 1 unspecified atom stereocenters. The van der Waals surface area contributed by atoms with E-state index in [1.54, 1.807) is 13.2 Å². The quantitative estimate of drug-likeness (QED) is 0.550. The van der Waals surface area contributed by atoms with Crippen LogP contribution in [0.2, 0.25) is 0 Å². The second-order valence-corrected chi connectivity index (χ2v) is 6.59. The van der Waals surface area contributed by atoms with Crippen molar-refractivity contribution in [2.45, 2.75) is 46.1 Å². The second kappa shape index (κ2) is 11.0. The van der Waals surface area contributed by atoms with Gasteiger partial charge in [0.1, 0.15) is 5.75 Å². The van der Waals surface area contributed by atoms with Gasteiger partial charge in [-0.1, -0.05) is 31.2 Å². The van der Waals surface area contributed by atoms with E-state index in [9.17, 15) is 15.3 Å². The first-order chi connectivity index (χ1) is 12.3. The number of phenolic OH excluding ortho intramolecular Hbond substituents is 1. The maximum atomic E-state index is 10.5. The van der Waals surface area contributed by atoms with Gasteiger partial charge in [0.05, 0.1) is 19.3 Å². The topological polar surface area (TPSA) is 69.9 Å². The maximum absolute atomic E-state index is 10.5. The van der Waals surface area contributed by atoms with E-state index >= 15 is 0 Å². The van der Waals surface area contributed by atoms with Crippen LogP contribution in [0.4, 0.5) is 0 Å². The molecule has 0 heterocycles. The van der Waals surface area contributed by atoms with Crippen LogP contribution < -0.4 is 0 Å². The summed E-state index contributed by atoms with van der Waals surface area (Å²) in [6.45, 7) is 9.98. The zero-order valence-electron chi connectivity index (χ0n) is 16.4. The monoisotopic (exact) mass is 360 g/mol. The van der Waals surface area contributed by atoms with Crippen molar-refractivity contribution in [2.24, 2.45) is 0 Å². The number of hydrogen-bond acceptors (Lipinski definition) is 4. The van der Waals surface area contributed by atoms with Gasteiger partial charge in [0.2, 0.25) is 0 Å². The second-order valence-electron chi connectivity index (χ2n) is 6.59. The lowest BCUT2D eigenvalue weighted by molar-refractivity contribution is 0.189. The highest BCUT2D eigenvalue weighted by Gasteiger charge is 2.14. The largest absolute Gasteiger partial charge is 0.507 e. The van der Waals surface area contributed by atoms with Gasteiger partial charge in [-0.25, -0.2) is 0 Å². The molecule has 3 N–H and O–H groups in total. The number of methoxy groups -OCH3 is 1. The minimum atomic E-state index is -0.692. The number of aromatic hydroxyl groups is 1. The van der Waals surface area contributed by atoms with Crippen molar-refractivity contribution >= 4 is 6.08 Å². The molecule has 0 aromatic heterocycles. The average Bonchev–Trinajstić information content (AvgIpc) is 2.60. The van der Waals surface area contributed by atoms with Crippen LogP contribution in [0.25, 0.3) is 6.08 Å². The van der Waals surface area contributed by atoms with Crippen molar-refractivity contribution in [1.29, 1.82) is 0 Å². The lowest BCUT2D eigenvalue weighted by Crippen LogP contribution is -2.15. The Morgan fingerprint density at radius 1 is 1.27 bits per heavy atom. The standard InChI is InChI=1S/C22H32O4/c1-6-18(13-19-11-15(2)22(25)16(3)12-19)7-8-21(24)20(9-10-23)17(4)14-26-5/h9,11-13,21,23-25H,4,6-8,10,14H2,1-3,5H3/b18-13+,20-9-. The maximum Gasteiger partial charge on any atom is 0.121 e. The highest BCUT2D eigenvalue weighted by molar-refractivity contribution is 5.58. The van der Waals surface area contributed by atoms with Crippen LogP contribution in [0, 0.1) is 13.8 Å². The molecule has 0 radical (unpaired) electrons. The fraction of sp³-hybridized carbons (Fsp3) is 0.455. The lowest BCUT2D eigenvalue weighted by atomic mass is 9.94. The van der Waals surface area contributed by atoms with Crippen LogP contribution in [0.3, 0.4) is 0 Å². The molecule has 1 aromatic rings. The molecule has 144 valence electrons. The Hall–Kier alpha value is -1.88. The van der Waals surface area contributed by atoms with Gasteiger partial charge >= 0.3 is 0 Å². The van der Waals surface area contributed by atoms with Crippen molar-refractivity contribution in [3.05, 3.63) is 58.2 Å². The van der Waals surface area contributed by atoms with Crippen molar-refractivity contribution < 1.29 is 20.1 Å². The molecule has 26 heavy (non-hydrogen) atoms. The minimum Gasteiger partial charge on any atom is -0.507 e. The van der Waals surface area contributed by atoms with Crippen LogP contribution >= 0.6 is 0 Å². The molecule has 0 fully saturated rings. The number of ether oxygens (including phenoxy) is 1. The Bertz CT molecular complexity index is 648. The number of phenols is 1. The predicted octanol–water partition coefficient (Wildman–Crippen LogP) is 4.06. The molecule has 0 amide bonds. The van der Waals surface area contributed by atoms with Crippen molar-refractivity contribution in [3.63, 3.8) is 0 Å². The van der Waals surface area contributed by atoms with E-state index in [0.29, 0.717) is 29.9 Å². The van der Waals surface area contributed by atoms with Crippen LogP contribution in [-0.2, 0) is 4.74 Å². The summed E-state index contributed by atoms with van der Waals surface area (Å²) in [6, 6.07) is 3.93. The van der Waals surface area contributed by atoms with E-state index in [4.69, 9.17) is 4.74 Å². The van der Waals surface area contributed by atoms with Gasteiger partial charge in [0, 0.05) is 7.11 Å². The SMILES string of the molecule is C=C(COC)/C(=C/CO)C(O)CC/C(=C/c1cc(C)c(O)c(C)c1)CC. The molecule has 0 aliphatic heterocycles. The van der Waals surface area contributed by atoms with Gasteiger partial charge < -0.3 is 20.1 Å². The number of aliphatic hydroxyl groups excluding tert-OH is 2. The van der Waals surface area contributed by atoms with Crippen LogP contribution in [0.5, 0.6) is 5.75 Å². The smallest absolute Gasteiger partial charge is 0.121 e. The Morgan fingerprint density at radius 2 is 1.88 bits per heavy atom. The Balaban J connectivity index is 2.87. The van der Waals surface area contributed by atoms with E-state index in [1.165, 1.54) is 5.57 Å². The molecular weight excluding hydrogens is 328 g/mol. The van der Waals surface area contributed by atoms with Crippen molar-refractivity contribution in [2.75, 3.05) is 20.3 Å². The number of rotatable bonds is 10. The molecule has 4 heteroatoms. The number of hydrogen-bond donors (Lipinski definition) is 3. The van der Waals surface area contributed by atoms with E-state index in [1.807, 2.05) is 26.0 Å². The Labute approximate surface area is 157 Å². The molecular formula is C22H32O4. The lowest BCUT2D eigenvalue weighted by Gasteiger charge is -2.18. The third kappa shape index (κ3) is 6.45. The van der Waals surface area contributed by atoms with E-state index in [0.717, 1.165) is 29.5 Å². The van der Waals surface area contributed by atoms with Crippen molar-refractivity contribution in [1.82, 2.24) is 0 Å². The Kier molecular flexibility index (Phi) is 9.35. The minimum absolute atomic E-state index is 0.141. The molecule has 1 rings (SSSR count). The third-order valence-electron chi connectivity index (χ3n) is 4.47. The summed E-state index contributed by atoms with van der Waals surface area (Å²) in [5.41, 5.74) is 5.31. The molecule has 4 nitrogen and oxygen atoms in total. The summed E-state index contributed by atoms with van der Waals surface area (Å²) in [5, 5.41) is 29.6. The van der Waals surface area contributed by atoms with Gasteiger partial charge in [0.15, 0.2) is 0 Å². The number of allylic oxidation sites excluding steroid dienone is 1. The van der Waals surface area contributed by atoms with Gasteiger partial charge in [-0.15, -0.1) is 0 Å². The molecule has 0 bridgehead atoms. The highest BCUT2D eigenvalue weighted by Crippen LogP contribution is 2.26. The predicted molar refractivity (Wildman–Crippen MR) is 107 cm³/mol. The first-order valence-electron chi connectivity index (χ1n) is 8.99. The van der Waals surface area contributed by atoms with Crippen LogP contribution in [0.15, 0.2) is 41.5 Å². The van der Waals surface area contributed by atoms with Gasteiger partial charge in [-0.3, -0.25) is 0 Å². The molecule has 0 spiro atoms. The highest BCUT2D eigenvalue weighted by atomic mass is 16.5. The summed E-state index contributed by atoms with van der Waals surface area (Å²) in [6.07, 6.45) is 5.18. The third-order valence-corrected chi connectivity index (χ3v) is 4.47. The molecule has 1 atom stereocenters. The van der Waals surface area contributed by atoms with Gasteiger partial charge in [0.25, 0.3) is 0 Å². The van der Waals surface area contributed by atoms with Gasteiger partial charge in [-0.2, -0.15) is 0 Å². The number of aryl methyl sites for hydroxylation is 2. The average molecular weight is 360 g/mol. The van der Waals surface area contributed by atoms with Crippen LogP contribution in [-0.4, -0.2) is 41.7 Å². The first-order valence-corrected chi connectivity index (χ1v) is 8.99. The van der Waals surface area contributed by atoms with E-state index in [2.05, 4.69) is 19.6 Å². The molecule has 0 aliphatic rings. The zero-order chi connectivity index (χ0) is 19.7. The fourth-order valence-electron chi connectivity index (χ4n) is 3.01. The summed E-state index contributed by atoms with van der Waals surface area (Å²) in [7, 11) is 1.58. The summed E-state index contributed by atoms with van der Waals surface area (Å²) >= 11 is 0. The number of aliphatic hydroxyl groups is 2. The number of benzene rings is 1. The van der Waals surface area contributed by atoms with Crippen LogP contribution in [0.1, 0.15) is 42.9 Å². The molecule has 0 saturated carbocycles. The van der Waals surface area contributed by atoms with E-state index in [-0.39, 0.29) is 6.61 Å². The van der Waals surface area contributed by atoms with E-state index < -0.39 is 6.10 Å². The zero-order valence-corrected chi connectivity index (χ0v) is 16.4. The first kappa shape index (κ1) is 22.2. The summed E-state index contributed by atoms with van der Waals surface area (Å²) < 4.78 is 5.07. The molecule has 0 aliphatic carbocycles. The van der Waals surface area contributed by atoms with Gasteiger partial charge in [-0.05, 0) is 73.1 Å². The van der Waals surface area contributed by atoms with Crippen molar-refractivity contribution in [3.8, 4) is 5.75 Å². The normalized spacial score (nSPS) is 13.8. The fourth-order valence-corrected chi connectivity index (χ4v) is 3.01. The molecule has 1 aromatic carbocycles.